The Bertz CT molecular complexity index is 161. The van der Waals surface area contributed by atoms with Crippen LogP contribution >= 0.6 is 0 Å². The maximum Gasteiger partial charge on any atom is 0.0523 e. The second-order valence-electron chi connectivity index (χ2n) is 4.65. The third-order valence-electron chi connectivity index (χ3n) is 2.98. The largest absolute Gasteiger partial charge is 0.294 e. The van der Waals surface area contributed by atoms with E-state index in [1.165, 1.54) is 32.1 Å². The van der Waals surface area contributed by atoms with Gasteiger partial charge in [-0.3, -0.25) is 4.99 Å². The van der Waals surface area contributed by atoms with Gasteiger partial charge in [0.2, 0.25) is 0 Å². The van der Waals surface area contributed by atoms with Gasteiger partial charge in [-0.2, -0.15) is 0 Å². The first-order valence-corrected chi connectivity index (χ1v) is 5.71. The minimum absolute atomic E-state index is 0.640. The molecule has 0 saturated heterocycles. The molecule has 13 heavy (non-hydrogen) atoms. The smallest absolute Gasteiger partial charge is 0.0523 e. The van der Waals surface area contributed by atoms with Gasteiger partial charge >= 0.3 is 0 Å². The minimum Gasteiger partial charge on any atom is -0.294 e. The van der Waals surface area contributed by atoms with Crippen LogP contribution in [0.4, 0.5) is 0 Å². The molecule has 1 nitrogen and oxygen atoms in total. The molecular formula is C12H23N. The van der Waals surface area contributed by atoms with E-state index < -0.39 is 0 Å². The summed E-state index contributed by atoms with van der Waals surface area (Å²) in [6, 6.07) is 0.640. The fourth-order valence-corrected chi connectivity index (χ4v) is 2.46. The Morgan fingerprint density at radius 1 is 1.31 bits per heavy atom. The quantitative estimate of drug-likeness (QED) is 0.589. The van der Waals surface area contributed by atoms with Crippen LogP contribution in [0.1, 0.15) is 52.9 Å². The van der Waals surface area contributed by atoms with Gasteiger partial charge in [-0.1, -0.05) is 26.7 Å². The van der Waals surface area contributed by atoms with Gasteiger partial charge in [0.05, 0.1) is 6.04 Å². The molecule has 76 valence electrons. The first kappa shape index (κ1) is 10.7. The van der Waals surface area contributed by atoms with Crippen LogP contribution in [0.5, 0.6) is 0 Å². The van der Waals surface area contributed by atoms with Crippen LogP contribution in [0.2, 0.25) is 0 Å². The van der Waals surface area contributed by atoms with E-state index in [1.54, 1.807) is 0 Å². The van der Waals surface area contributed by atoms with E-state index in [1.807, 2.05) is 13.1 Å². The van der Waals surface area contributed by atoms with Crippen molar-refractivity contribution in [1.82, 2.24) is 0 Å². The summed E-state index contributed by atoms with van der Waals surface area (Å²) < 4.78 is 0. The second-order valence-corrected chi connectivity index (χ2v) is 4.65. The molecule has 1 saturated carbocycles. The first-order valence-electron chi connectivity index (χ1n) is 5.71. The third kappa shape index (κ3) is 3.50. The Balaban J connectivity index is 2.46. The van der Waals surface area contributed by atoms with Crippen LogP contribution in [0, 0.1) is 11.8 Å². The SMILES string of the molecule is CC=NC1CCCC[C@@H]1CC(C)C. The highest BCUT2D eigenvalue weighted by molar-refractivity contribution is 5.53. The summed E-state index contributed by atoms with van der Waals surface area (Å²) in [4.78, 5) is 4.59. The van der Waals surface area contributed by atoms with Gasteiger partial charge in [0, 0.05) is 0 Å². The lowest BCUT2D eigenvalue weighted by molar-refractivity contribution is 0.267. The molecule has 0 bridgehead atoms. The molecule has 0 spiro atoms. The van der Waals surface area contributed by atoms with Gasteiger partial charge < -0.3 is 0 Å². The van der Waals surface area contributed by atoms with Crippen molar-refractivity contribution in [2.75, 3.05) is 0 Å². The average Bonchev–Trinajstić information content (AvgIpc) is 2.08. The fraction of sp³-hybridized carbons (Fsp3) is 0.917. The van der Waals surface area contributed by atoms with E-state index in [9.17, 15) is 0 Å². The number of hydrogen-bond donors (Lipinski definition) is 0. The summed E-state index contributed by atoms with van der Waals surface area (Å²) in [5.41, 5.74) is 0. The van der Waals surface area contributed by atoms with Crippen LogP contribution < -0.4 is 0 Å². The zero-order chi connectivity index (χ0) is 9.68. The summed E-state index contributed by atoms with van der Waals surface area (Å²) >= 11 is 0. The number of hydrogen-bond acceptors (Lipinski definition) is 1. The van der Waals surface area contributed by atoms with Gasteiger partial charge in [-0.15, -0.1) is 0 Å². The summed E-state index contributed by atoms with van der Waals surface area (Å²) in [5, 5.41) is 0. The van der Waals surface area contributed by atoms with E-state index in [2.05, 4.69) is 18.8 Å². The molecule has 0 heterocycles. The Morgan fingerprint density at radius 2 is 2.00 bits per heavy atom. The van der Waals surface area contributed by atoms with Crippen LogP contribution in [-0.4, -0.2) is 12.3 Å². The first-order chi connectivity index (χ1) is 6.24. The standard InChI is InChI=1S/C12H23N/c1-4-13-12-8-6-5-7-11(12)9-10(2)3/h4,10-12H,5-9H2,1-3H3/t11-,12?/m1/s1. The zero-order valence-electron chi connectivity index (χ0n) is 9.29. The molecular weight excluding hydrogens is 158 g/mol. The topological polar surface area (TPSA) is 12.4 Å². The maximum absolute atomic E-state index is 4.59. The highest BCUT2D eigenvalue weighted by Crippen LogP contribution is 2.31. The predicted octanol–water partition coefficient (Wildman–Crippen LogP) is 3.68. The Morgan fingerprint density at radius 3 is 2.62 bits per heavy atom. The Hall–Kier alpha value is -0.330. The molecule has 0 N–H and O–H groups in total. The normalized spacial score (nSPS) is 30.2. The lowest BCUT2D eigenvalue weighted by Crippen LogP contribution is -2.24. The van der Waals surface area contributed by atoms with E-state index in [0.29, 0.717) is 6.04 Å². The Kier molecular flexibility index (Phi) is 4.47. The van der Waals surface area contributed by atoms with E-state index >= 15 is 0 Å². The van der Waals surface area contributed by atoms with Crippen molar-refractivity contribution in [1.29, 1.82) is 0 Å². The van der Waals surface area contributed by atoms with E-state index in [0.717, 1.165) is 11.8 Å². The van der Waals surface area contributed by atoms with Crippen LogP contribution in [0.25, 0.3) is 0 Å². The summed E-state index contributed by atoms with van der Waals surface area (Å²) in [7, 11) is 0. The molecule has 0 aromatic heterocycles. The minimum atomic E-state index is 0.640. The molecule has 0 aromatic rings. The molecule has 0 amide bonds. The van der Waals surface area contributed by atoms with Crippen molar-refractivity contribution >= 4 is 6.21 Å². The summed E-state index contributed by atoms with van der Waals surface area (Å²) in [6.07, 6.45) is 8.89. The van der Waals surface area contributed by atoms with Crippen LogP contribution in [0.3, 0.4) is 0 Å². The third-order valence-corrected chi connectivity index (χ3v) is 2.98. The molecule has 1 rings (SSSR count). The molecule has 1 aliphatic rings. The monoisotopic (exact) mass is 181 g/mol. The average molecular weight is 181 g/mol. The molecule has 0 aromatic carbocycles. The molecule has 0 radical (unpaired) electrons. The maximum atomic E-state index is 4.59. The molecule has 0 aliphatic heterocycles. The molecule has 1 unspecified atom stereocenters. The van der Waals surface area contributed by atoms with Gasteiger partial charge in [0.15, 0.2) is 0 Å². The number of aliphatic imine (C=N–C) groups is 1. The number of nitrogens with zero attached hydrogens (tertiary/aromatic N) is 1. The highest BCUT2D eigenvalue weighted by Gasteiger charge is 2.24. The van der Waals surface area contributed by atoms with Crippen molar-refractivity contribution < 1.29 is 0 Å². The van der Waals surface area contributed by atoms with Crippen molar-refractivity contribution in [3.63, 3.8) is 0 Å². The Labute approximate surface area is 82.6 Å². The lowest BCUT2D eigenvalue weighted by Gasteiger charge is -2.29. The zero-order valence-corrected chi connectivity index (χ0v) is 9.29. The van der Waals surface area contributed by atoms with Gasteiger partial charge in [-0.25, -0.2) is 0 Å². The lowest BCUT2D eigenvalue weighted by atomic mass is 9.80. The van der Waals surface area contributed by atoms with Crippen molar-refractivity contribution in [3.05, 3.63) is 0 Å². The molecule has 2 atom stereocenters. The summed E-state index contributed by atoms with van der Waals surface area (Å²) in [5.74, 6) is 1.70. The fourth-order valence-electron chi connectivity index (χ4n) is 2.46. The van der Waals surface area contributed by atoms with Crippen molar-refractivity contribution in [2.24, 2.45) is 16.8 Å². The van der Waals surface area contributed by atoms with Gasteiger partial charge in [-0.05, 0) is 44.2 Å². The van der Waals surface area contributed by atoms with Gasteiger partial charge in [0.1, 0.15) is 0 Å². The van der Waals surface area contributed by atoms with Gasteiger partial charge in [0.25, 0.3) is 0 Å². The molecule has 1 aliphatic carbocycles. The second kappa shape index (κ2) is 5.41. The van der Waals surface area contributed by atoms with Crippen molar-refractivity contribution in [3.8, 4) is 0 Å². The van der Waals surface area contributed by atoms with Crippen LogP contribution in [0.15, 0.2) is 4.99 Å². The van der Waals surface area contributed by atoms with E-state index in [4.69, 9.17) is 0 Å². The van der Waals surface area contributed by atoms with Crippen LogP contribution in [-0.2, 0) is 0 Å². The highest BCUT2D eigenvalue weighted by atomic mass is 14.8. The summed E-state index contributed by atoms with van der Waals surface area (Å²) in [6.45, 7) is 6.68. The molecule has 1 heteroatoms. The van der Waals surface area contributed by atoms with E-state index in [-0.39, 0.29) is 0 Å². The molecule has 1 fully saturated rings. The van der Waals surface area contributed by atoms with Crippen molar-refractivity contribution in [2.45, 2.75) is 58.9 Å². The number of rotatable bonds is 3. The predicted molar refractivity (Wildman–Crippen MR) is 59.4 cm³/mol.